The zero-order valence-electron chi connectivity index (χ0n) is 36.1. The molecule has 0 unspecified atom stereocenters. The van der Waals surface area contributed by atoms with Crippen LogP contribution in [0.1, 0.15) is 0 Å². The highest BCUT2D eigenvalue weighted by molar-refractivity contribution is 7.24. The van der Waals surface area contributed by atoms with Crippen molar-refractivity contribution in [2.24, 2.45) is 0 Å². The van der Waals surface area contributed by atoms with Gasteiger partial charge in [-0.3, -0.25) is 0 Å². The first-order valence-corrected chi connectivity index (χ1v) is 23.4. The molecule has 0 N–H and O–H groups in total. The van der Waals surface area contributed by atoms with Gasteiger partial charge in [-0.15, -0.1) is 11.3 Å². The molecule has 13 aromatic rings. The van der Waals surface area contributed by atoms with Gasteiger partial charge in [0.1, 0.15) is 0 Å². The third-order valence-corrected chi connectivity index (χ3v) is 14.2. The fraction of sp³-hybridized carbons (Fsp3) is 0. The lowest BCUT2D eigenvalue weighted by Crippen LogP contribution is -2.00. The number of thiophene rings is 1. The maximum atomic E-state index is 5.46. The number of fused-ring (bicyclic) bond motifs is 9. The summed E-state index contributed by atoms with van der Waals surface area (Å²) in [7, 11) is 0. The van der Waals surface area contributed by atoms with Gasteiger partial charge >= 0.3 is 0 Å². The molecule has 0 aliphatic carbocycles. The van der Waals surface area contributed by atoms with E-state index >= 15 is 0 Å². The Balaban J connectivity index is 1.03. The zero-order valence-corrected chi connectivity index (χ0v) is 37.0. The number of hydrogen-bond acceptors (Lipinski definition) is 5. The fourth-order valence-corrected chi connectivity index (χ4v) is 11.1. The minimum absolute atomic E-state index is 0.624. The molecule has 0 aliphatic heterocycles. The van der Waals surface area contributed by atoms with E-state index in [0.717, 1.165) is 60.9 Å². The highest BCUT2D eigenvalue weighted by Crippen LogP contribution is 2.51. The molecule has 10 aromatic carbocycles. The number of pyridine rings is 1. The Hall–Kier alpha value is -8.64. The first-order valence-electron chi connectivity index (χ1n) is 22.5. The minimum Gasteiger partial charge on any atom is -0.247 e. The molecule has 4 nitrogen and oxygen atoms in total. The van der Waals surface area contributed by atoms with E-state index in [0.29, 0.717) is 17.5 Å². The zero-order chi connectivity index (χ0) is 44.3. The highest BCUT2D eigenvalue weighted by atomic mass is 32.1. The summed E-state index contributed by atoms with van der Waals surface area (Å²) in [6.07, 6.45) is 0. The van der Waals surface area contributed by atoms with Crippen molar-refractivity contribution < 1.29 is 0 Å². The van der Waals surface area contributed by atoms with Crippen molar-refractivity contribution in [1.82, 2.24) is 19.9 Å². The summed E-state index contributed by atoms with van der Waals surface area (Å²) < 4.78 is 1.23. The van der Waals surface area contributed by atoms with Crippen LogP contribution < -0.4 is 0 Å². The molecular weight excluding hydrogens is 833 g/mol. The summed E-state index contributed by atoms with van der Waals surface area (Å²) in [6, 6.07) is 81.7. The van der Waals surface area contributed by atoms with Crippen LogP contribution in [0.2, 0.25) is 0 Å². The fourth-order valence-electron chi connectivity index (χ4n) is 9.75. The largest absolute Gasteiger partial charge is 0.247 e. The monoisotopic (exact) mass is 870 g/mol. The molecule has 3 aromatic heterocycles. The van der Waals surface area contributed by atoms with Gasteiger partial charge in [0.05, 0.1) is 11.2 Å². The maximum absolute atomic E-state index is 5.46. The van der Waals surface area contributed by atoms with E-state index in [1.165, 1.54) is 53.0 Å². The molecule has 0 bridgehead atoms. The Morgan fingerprint density at radius 3 is 1.30 bits per heavy atom. The summed E-state index contributed by atoms with van der Waals surface area (Å²) in [5, 5.41) is 9.87. The van der Waals surface area contributed by atoms with Gasteiger partial charge in [0.2, 0.25) is 0 Å². The topological polar surface area (TPSA) is 51.6 Å². The second-order valence-corrected chi connectivity index (χ2v) is 17.9. The molecule has 0 saturated carbocycles. The molecule has 13 rings (SSSR count). The second kappa shape index (κ2) is 16.1. The van der Waals surface area contributed by atoms with Crippen LogP contribution >= 0.6 is 11.3 Å². The van der Waals surface area contributed by atoms with Crippen molar-refractivity contribution in [3.8, 4) is 78.1 Å². The first kappa shape index (κ1) is 38.8. The third-order valence-electron chi connectivity index (χ3n) is 12.9. The summed E-state index contributed by atoms with van der Waals surface area (Å²) in [5.74, 6) is 1.90. The van der Waals surface area contributed by atoms with Crippen molar-refractivity contribution in [3.63, 3.8) is 0 Å². The van der Waals surface area contributed by atoms with E-state index in [9.17, 15) is 0 Å². The predicted molar refractivity (Wildman–Crippen MR) is 281 cm³/mol. The summed E-state index contributed by atoms with van der Waals surface area (Å²) in [4.78, 5) is 21.7. The van der Waals surface area contributed by atoms with Crippen LogP contribution in [0.15, 0.2) is 231 Å². The van der Waals surface area contributed by atoms with Gasteiger partial charge in [-0.25, -0.2) is 19.9 Å². The Morgan fingerprint density at radius 1 is 0.269 bits per heavy atom. The molecule has 0 spiro atoms. The van der Waals surface area contributed by atoms with Crippen molar-refractivity contribution in [2.45, 2.75) is 0 Å². The lowest BCUT2D eigenvalue weighted by molar-refractivity contribution is 1.07. The average Bonchev–Trinajstić information content (AvgIpc) is 3.83. The van der Waals surface area contributed by atoms with Crippen LogP contribution in [-0.2, 0) is 0 Å². The molecule has 3 heterocycles. The van der Waals surface area contributed by atoms with Gasteiger partial charge in [-0.05, 0) is 78.8 Å². The number of rotatable bonds is 7. The van der Waals surface area contributed by atoms with Gasteiger partial charge in [0.15, 0.2) is 17.5 Å². The van der Waals surface area contributed by atoms with Crippen LogP contribution in [-0.4, -0.2) is 19.9 Å². The maximum Gasteiger partial charge on any atom is 0.164 e. The lowest BCUT2D eigenvalue weighted by Gasteiger charge is -2.14. The van der Waals surface area contributed by atoms with Gasteiger partial charge in [0, 0.05) is 48.2 Å². The molecule has 312 valence electrons. The van der Waals surface area contributed by atoms with Crippen LogP contribution in [0.3, 0.4) is 0 Å². The van der Waals surface area contributed by atoms with E-state index in [1.54, 1.807) is 0 Å². The van der Waals surface area contributed by atoms with Gasteiger partial charge in [-0.2, -0.15) is 0 Å². The quantitative estimate of drug-likeness (QED) is 0.150. The Kier molecular flexibility index (Phi) is 9.32. The van der Waals surface area contributed by atoms with Crippen molar-refractivity contribution in [1.29, 1.82) is 0 Å². The number of nitrogens with zero attached hydrogens (tertiary/aromatic N) is 4. The third kappa shape index (κ3) is 6.75. The van der Waals surface area contributed by atoms with E-state index in [4.69, 9.17) is 19.9 Å². The lowest BCUT2D eigenvalue weighted by atomic mass is 9.90. The van der Waals surface area contributed by atoms with Crippen molar-refractivity contribution in [2.75, 3.05) is 0 Å². The van der Waals surface area contributed by atoms with Gasteiger partial charge in [0.25, 0.3) is 0 Å². The standard InChI is InChI=1S/C62H38N4S/c1-4-18-39(19-5-1)57-56-55(44-26-16-24-42(36-44)43-25-17-27-46(37-43)62-65-60(40-20-6-2-7-21-40)64-61(66-62)41-22-8-3-9-23-41)58(67-59(56)52-32-14-15-33-54(52)63-57)45-34-35-51-49-30-11-10-28-47(49)48-29-12-13-31-50(48)53(51)38-45/h1-38H. The highest BCUT2D eigenvalue weighted by Gasteiger charge is 2.24. The van der Waals surface area contributed by atoms with Crippen LogP contribution in [0.5, 0.6) is 0 Å². The minimum atomic E-state index is 0.624. The Bertz CT molecular complexity index is 3940. The van der Waals surface area contributed by atoms with Gasteiger partial charge < -0.3 is 0 Å². The summed E-state index contributed by atoms with van der Waals surface area (Å²) in [6.45, 7) is 0. The van der Waals surface area contributed by atoms with Crippen LogP contribution in [0, 0.1) is 0 Å². The summed E-state index contributed by atoms with van der Waals surface area (Å²) in [5.41, 5.74) is 11.5. The molecule has 0 fully saturated rings. The average molecular weight is 871 g/mol. The number of aromatic nitrogens is 4. The molecule has 67 heavy (non-hydrogen) atoms. The molecule has 0 amide bonds. The normalized spacial score (nSPS) is 11.6. The number of para-hydroxylation sites is 1. The summed E-state index contributed by atoms with van der Waals surface area (Å²) >= 11 is 1.87. The molecule has 0 aliphatic rings. The van der Waals surface area contributed by atoms with Crippen LogP contribution in [0.25, 0.3) is 131 Å². The molecular formula is C62H38N4S. The van der Waals surface area contributed by atoms with Gasteiger partial charge in [-0.1, -0.05) is 206 Å². The van der Waals surface area contributed by atoms with Crippen LogP contribution in [0.4, 0.5) is 0 Å². The van der Waals surface area contributed by atoms with E-state index < -0.39 is 0 Å². The predicted octanol–water partition coefficient (Wildman–Crippen LogP) is 16.8. The van der Waals surface area contributed by atoms with Crippen molar-refractivity contribution >= 4 is 64.6 Å². The van der Waals surface area contributed by atoms with E-state index in [-0.39, 0.29) is 0 Å². The molecule has 0 radical (unpaired) electrons. The smallest absolute Gasteiger partial charge is 0.164 e. The second-order valence-electron chi connectivity index (χ2n) is 16.9. The van der Waals surface area contributed by atoms with Crippen molar-refractivity contribution in [3.05, 3.63) is 231 Å². The molecule has 0 saturated heterocycles. The first-order chi connectivity index (χ1) is 33.2. The number of hydrogen-bond donors (Lipinski definition) is 0. The molecule has 0 atom stereocenters. The van der Waals surface area contributed by atoms with E-state index in [1.807, 2.05) is 72.0 Å². The Labute approximate surface area is 391 Å². The number of benzene rings is 10. The SMILES string of the molecule is c1ccc(-c2nc(-c3ccccc3)nc(-c3cccc(-c4cccc(-c5c(-c6ccc7c8ccccc8c8ccccc8c7c6)sc6c5c(-c5ccccc5)nc5ccccc56)c4)c3)n2)cc1. The Morgan fingerprint density at radius 2 is 0.701 bits per heavy atom. The van der Waals surface area contributed by atoms with E-state index in [2.05, 4.69) is 170 Å². The molecule has 5 heteroatoms.